The van der Waals surface area contributed by atoms with Crippen molar-refractivity contribution in [2.75, 3.05) is 30.3 Å². The van der Waals surface area contributed by atoms with Crippen molar-refractivity contribution in [3.63, 3.8) is 0 Å². The number of anilines is 1. The van der Waals surface area contributed by atoms with E-state index in [4.69, 9.17) is 4.74 Å². The molecule has 7 heteroatoms. The van der Waals surface area contributed by atoms with E-state index in [9.17, 15) is 13.2 Å². The minimum Gasteiger partial charge on any atom is -0.377 e. The molecule has 1 amide bonds. The summed E-state index contributed by atoms with van der Waals surface area (Å²) in [5, 5.41) is 2.88. The second kappa shape index (κ2) is 8.54. The summed E-state index contributed by atoms with van der Waals surface area (Å²) in [7, 11) is -3.27. The Morgan fingerprint density at radius 3 is 2.70 bits per heavy atom. The van der Waals surface area contributed by atoms with E-state index >= 15 is 0 Å². The molecule has 0 saturated heterocycles. The SMILES string of the molecule is CS(=O)(=O)N1CCc2cc(C(=O)NCCCOCc3ccccc3)ccc21. The Balaban J connectivity index is 1.44. The Hall–Kier alpha value is -2.38. The molecule has 0 aromatic heterocycles. The van der Waals surface area contributed by atoms with Gasteiger partial charge in [0.1, 0.15) is 0 Å². The zero-order chi connectivity index (χ0) is 19.3. The summed E-state index contributed by atoms with van der Waals surface area (Å²) in [5.41, 5.74) is 3.24. The predicted molar refractivity (Wildman–Crippen MR) is 105 cm³/mol. The van der Waals surface area contributed by atoms with Gasteiger partial charge in [-0.3, -0.25) is 9.10 Å². The van der Waals surface area contributed by atoms with Crippen LogP contribution in [-0.4, -0.2) is 40.3 Å². The smallest absolute Gasteiger partial charge is 0.251 e. The number of nitrogens with zero attached hydrogens (tertiary/aromatic N) is 1. The van der Waals surface area contributed by atoms with E-state index in [-0.39, 0.29) is 5.91 Å². The Bertz CT molecular complexity index is 897. The Morgan fingerprint density at radius 2 is 1.96 bits per heavy atom. The van der Waals surface area contributed by atoms with Crippen LogP contribution in [0.25, 0.3) is 0 Å². The average molecular weight is 388 g/mol. The molecule has 6 nitrogen and oxygen atoms in total. The number of carbonyl (C=O) groups excluding carboxylic acids is 1. The summed E-state index contributed by atoms with van der Waals surface area (Å²) in [6.45, 7) is 2.09. The quantitative estimate of drug-likeness (QED) is 0.705. The largest absolute Gasteiger partial charge is 0.377 e. The molecule has 0 fully saturated rings. The van der Waals surface area contributed by atoms with Gasteiger partial charge in [-0.25, -0.2) is 8.42 Å². The third-order valence-electron chi connectivity index (χ3n) is 4.46. The van der Waals surface area contributed by atoms with Crippen molar-refractivity contribution < 1.29 is 17.9 Å². The summed E-state index contributed by atoms with van der Waals surface area (Å²) in [6.07, 6.45) is 2.55. The van der Waals surface area contributed by atoms with Gasteiger partial charge in [0.2, 0.25) is 10.0 Å². The molecule has 0 aliphatic carbocycles. The second-order valence-corrected chi connectivity index (χ2v) is 8.48. The van der Waals surface area contributed by atoms with E-state index in [0.717, 1.165) is 17.5 Å². The number of sulfonamides is 1. The van der Waals surface area contributed by atoms with Gasteiger partial charge in [0.05, 0.1) is 18.6 Å². The average Bonchev–Trinajstić information content (AvgIpc) is 3.09. The van der Waals surface area contributed by atoms with Crippen LogP contribution in [0.3, 0.4) is 0 Å². The molecule has 27 heavy (non-hydrogen) atoms. The van der Waals surface area contributed by atoms with Gasteiger partial charge in [0.25, 0.3) is 5.91 Å². The first-order valence-electron chi connectivity index (χ1n) is 8.95. The van der Waals surface area contributed by atoms with E-state index in [1.165, 1.54) is 10.6 Å². The molecule has 0 unspecified atom stereocenters. The van der Waals surface area contributed by atoms with Crippen LogP contribution in [0.5, 0.6) is 0 Å². The van der Waals surface area contributed by atoms with Crippen molar-refractivity contribution in [1.29, 1.82) is 0 Å². The lowest BCUT2D eigenvalue weighted by molar-refractivity contribution is 0.0934. The van der Waals surface area contributed by atoms with Crippen LogP contribution in [0.4, 0.5) is 5.69 Å². The van der Waals surface area contributed by atoms with E-state index in [2.05, 4.69) is 5.32 Å². The zero-order valence-electron chi connectivity index (χ0n) is 15.3. The molecule has 1 aliphatic rings. The third-order valence-corrected chi connectivity index (χ3v) is 5.64. The number of carbonyl (C=O) groups is 1. The Kier molecular flexibility index (Phi) is 6.13. The molecule has 2 aromatic carbocycles. The second-order valence-electron chi connectivity index (χ2n) is 6.58. The van der Waals surface area contributed by atoms with E-state index < -0.39 is 10.0 Å². The van der Waals surface area contributed by atoms with Crippen LogP contribution in [0.15, 0.2) is 48.5 Å². The highest BCUT2D eigenvalue weighted by Crippen LogP contribution is 2.30. The van der Waals surface area contributed by atoms with Gasteiger partial charge in [-0.2, -0.15) is 0 Å². The predicted octanol–water partition coefficient (Wildman–Crippen LogP) is 2.35. The monoisotopic (exact) mass is 388 g/mol. The maximum Gasteiger partial charge on any atom is 0.251 e. The van der Waals surface area contributed by atoms with Crippen LogP contribution in [0.2, 0.25) is 0 Å². The molecule has 2 aromatic rings. The molecule has 144 valence electrons. The molecule has 0 radical (unpaired) electrons. The molecule has 0 spiro atoms. The van der Waals surface area contributed by atoms with Crippen molar-refractivity contribution in [2.24, 2.45) is 0 Å². The minimum absolute atomic E-state index is 0.154. The molecule has 0 atom stereocenters. The Morgan fingerprint density at radius 1 is 1.19 bits per heavy atom. The molecule has 0 saturated carbocycles. The lowest BCUT2D eigenvalue weighted by Gasteiger charge is -2.16. The van der Waals surface area contributed by atoms with Crippen molar-refractivity contribution in [2.45, 2.75) is 19.4 Å². The fourth-order valence-corrected chi connectivity index (χ4v) is 4.06. The first-order valence-corrected chi connectivity index (χ1v) is 10.8. The van der Waals surface area contributed by atoms with Gasteiger partial charge >= 0.3 is 0 Å². The first-order chi connectivity index (χ1) is 12.9. The van der Waals surface area contributed by atoms with Crippen molar-refractivity contribution in [3.05, 3.63) is 65.2 Å². The first kappa shape index (κ1) is 19.4. The van der Waals surface area contributed by atoms with Crippen LogP contribution < -0.4 is 9.62 Å². The lowest BCUT2D eigenvalue weighted by Crippen LogP contribution is -2.27. The number of hydrogen-bond acceptors (Lipinski definition) is 4. The van der Waals surface area contributed by atoms with Crippen LogP contribution >= 0.6 is 0 Å². The number of hydrogen-bond donors (Lipinski definition) is 1. The fourth-order valence-electron chi connectivity index (χ4n) is 3.10. The highest BCUT2D eigenvalue weighted by Gasteiger charge is 2.26. The summed E-state index contributed by atoms with van der Waals surface area (Å²) < 4.78 is 30.5. The van der Waals surface area contributed by atoms with Crippen molar-refractivity contribution in [1.82, 2.24) is 5.32 Å². The third kappa shape index (κ3) is 5.08. The molecule has 1 N–H and O–H groups in total. The number of benzene rings is 2. The highest BCUT2D eigenvalue weighted by atomic mass is 32.2. The summed E-state index contributed by atoms with van der Waals surface area (Å²) in [6, 6.07) is 15.1. The van der Waals surface area contributed by atoms with Crippen LogP contribution in [0.1, 0.15) is 27.9 Å². The fraction of sp³-hybridized carbons (Fsp3) is 0.350. The molecular weight excluding hydrogens is 364 g/mol. The topological polar surface area (TPSA) is 75.7 Å². The molecule has 1 aliphatic heterocycles. The Labute approximate surface area is 160 Å². The van der Waals surface area contributed by atoms with Gasteiger partial charge in [-0.1, -0.05) is 30.3 Å². The maximum atomic E-state index is 12.3. The summed E-state index contributed by atoms with van der Waals surface area (Å²) >= 11 is 0. The van der Waals surface area contributed by atoms with E-state index in [1.807, 2.05) is 30.3 Å². The van der Waals surface area contributed by atoms with Crippen molar-refractivity contribution >= 4 is 21.6 Å². The number of ether oxygens (including phenoxy) is 1. The van der Waals surface area contributed by atoms with E-state index in [1.54, 1.807) is 18.2 Å². The number of fused-ring (bicyclic) bond motifs is 1. The van der Waals surface area contributed by atoms with Crippen molar-refractivity contribution in [3.8, 4) is 0 Å². The van der Waals surface area contributed by atoms with Gasteiger partial charge in [0, 0.05) is 25.3 Å². The molecular formula is C20H24N2O4S. The van der Waals surface area contributed by atoms with Crippen LogP contribution in [-0.2, 0) is 27.8 Å². The lowest BCUT2D eigenvalue weighted by atomic mass is 10.1. The molecule has 0 bridgehead atoms. The van der Waals surface area contributed by atoms with E-state index in [0.29, 0.717) is 44.0 Å². The minimum atomic E-state index is -3.27. The number of rotatable bonds is 8. The van der Waals surface area contributed by atoms with Gasteiger partial charge < -0.3 is 10.1 Å². The standard InChI is InChI=1S/C20H24N2O4S/c1-27(24,25)22-12-10-17-14-18(8-9-19(17)22)20(23)21-11-5-13-26-15-16-6-3-2-4-7-16/h2-4,6-9,14H,5,10-13,15H2,1H3,(H,21,23). The number of nitrogens with one attached hydrogen (secondary N) is 1. The maximum absolute atomic E-state index is 12.3. The summed E-state index contributed by atoms with van der Waals surface area (Å²) in [5.74, 6) is -0.154. The van der Waals surface area contributed by atoms with Crippen LogP contribution in [0, 0.1) is 0 Å². The molecule has 3 rings (SSSR count). The zero-order valence-corrected chi connectivity index (χ0v) is 16.2. The van der Waals surface area contributed by atoms with Gasteiger partial charge in [-0.15, -0.1) is 0 Å². The van der Waals surface area contributed by atoms with Gasteiger partial charge in [-0.05, 0) is 42.2 Å². The normalized spacial score (nSPS) is 13.4. The highest BCUT2D eigenvalue weighted by molar-refractivity contribution is 7.92. The number of amides is 1. The molecule has 1 heterocycles. The summed E-state index contributed by atoms with van der Waals surface area (Å²) in [4.78, 5) is 12.3. The van der Waals surface area contributed by atoms with Gasteiger partial charge in [0.15, 0.2) is 0 Å².